The number of nitrogens with zero attached hydrogens (tertiary/aromatic N) is 2. The zero-order valence-electron chi connectivity index (χ0n) is 18.0. The van der Waals surface area contributed by atoms with Crippen molar-refractivity contribution in [3.63, 3.8) is 0 Å². The molecule has 1 aromatic carbocycles. The SMILES string of the molecule is CN1CCCCCC1=NS(=O)(=O)c1cccc(NC(=O)CCCNC(=O)c2ccco2)c1. The van der Waals surface area contributed by atoms with Crippen LogP contribution in [-0.4, -0.2) is 51.1 Å². The fourth-order valence-corrected chi connectivity index (χ4v) is 4.48. The molecule has 0 bridgehead atoms. The number of benzene rings is 1. The second kappa shape index (κ2) is 10.9. The van der Waals surface area contributed by atoms with E-state index in [9.17, 15) is 18.0 Å². The topological polar surface area (TPSA) is 121 Å². The maximum absolute atomic E-state index is 12.8. The molecule has 0 saturated carbocycles. The number of rotatable bonds is 8. The smallest absolute Gasteiger partial charge is 0.286 e. The monoisotopic (exact) mass is 460 g/mol. The van der Waals surface area contributed by atoms with Crippen LogP contribution in [0.4, 0.5) is 5.69 Å². The number of hydrogen-bond acceptors (Lipinski definition) is 5. The molecule has 1 fully saturated rings. The zero-order valence-corrected chi connectivity index (χ0v) is 18.9. The zero-order chi connectivity index (χ0) is 23.0. The maximum Gasteiger partial charge on any atom is 0.286 e. The molecule has 0 atom stereocenters. The first kappa shape index (κ1) is 23.5. The molecular weight excluding hydrogens is 432 g/mol. The Morgan fingerprint density at radius 2 is 2.00 bits per heavy atom. The van der Waals surface area contributed by atoms with E-state index in [-0.39, 0.29) is 28.9 Å². The van der Waals surface area contributed by atoms with E-state index < -0.39 is 10.0 Å². The minimum atomic E-state index is -3.88. The standard InChI is InChI=1S/C22H28N4O5S/c1-26-14-4-2-3-11-20(26)25-32(29,30)18-9-5-8-17(16-18)24-21(27)12-6-13-23-22(28)19-10-7-15-31-19/h5,7-10,15-16H,2-4,6,11-14H2,1H3,(H,23,28)(H,24,27). The maximum atomic E-state index is 12.8. The summed E-state index contributed by atoms with van der Waals surface area (Å²) in [5.74, 6) is 0.162. The lowest BCUT2D eigenvalue weighted by atomic mass is 10.2. The second-order valence-corrected chi connectivity index (χ2v) is 9.23. The van der Waals surface area contributed by atoms with Crippen LogP contribution in [0.2, 0.25) is 0 Å². The fraction of sp³-hybridized carbons (Fsp3) is 0.409. The number of hydrogen-bond donors (Lipinski definition) is 2. The predicted octanol–water partition coefficient (Wildman–Crippen LogP) is 3.02. The lowest BCUT2D eigenvalue weighted by molar-refractivity contribution is -0.116. The van der Waals surface area contributed by atoms with Crippen molar-refractivity contribution >= 4 is 33.4 Å². The Hall–Kier alpha value is -3.14. The van der Waals surface area contributed by atoms with E-state index in [4.69, 9.17) is 4.42 Å². The van der Waals surface area contributed by atoms with Gasteiger partial charge >= 0.3 is 0 Å². The number of carbonyl (C=O) groups excluding carboxylic acids is 2. The summed E-state index contributed by atoms with van der Waals surface area (Å²) in [4.78, 5) is 25.9. The highest BCUT2D eigenvalue weighted by molar-refractivity contribution is 7.90. The van der Waals surface area contributed by atoms with Crippen LogP contribution >= 0.6 is 0 Å². The van der Waals surface area contributed by atoms with Crippen molar-refractivity contribution in [2.45, 2.75) is 43.4 Å². The van der Waals surface area contributed by atoms with Crippen molar-refractivity contribution in [3.05, 3.63) is 48.4 Å². The number of anilines is 1. The highest BCUT2D eigenvalue weighted by Gasteiger charge is 2.19. The number of likely N-dealkylation sites (tertiary alicyclic amines) is 1. The quantitative estimate of drug-likeness (QED) is 0.584. The first-order valence-electron chi connectivity index (χ1n) is 10.6. The second-order valence-electron chi connectivity index (χ2n) is 7.63. The average Bonchev–Trinajstić information content (AvgIpc) is 3.23. The van der Waals surface area contributed by atoms with Gasteiger partial charge in [-0.1, -0.05) is 12.5 Å². The van der Waals surface area contributed by atoms with E-state index in [0.29, 0.717) is 30.9 Å². The third-order valence-corrected chi connectivity index (χ3v) is 6.39. The van der Waals surface area contributed by atoms with Gasteiger partial charge in [-0.25, -0.2) is 0 Å². The molecule has 2 aromatic rings. The normalized spacial score (nSPS) is 15.9. The summed E-state index contributed by atoms with van der Waals surface area (Å²) in [5, 5.41) is 5.37. The van der Waals surface area contributed by atoms with Crippen LogP contribution in [0.3, 0.4) is 0 Å². The number of amidine groups is 1. The number of nitrogens with one attached hydrogen (secondary N) is 2. The van der Waals surface area contributed by atoms with E-state index in [1.165, 1.54) is 18.4 Å². The molecule has 2 N–H and O–H groups in total. The van der Waals surface area contributed by atoms with Gasteiger partial charge in [-0.3, -0.25) is 9.59 Å². The highest BCUT2D eigenvalue weighted by atomic mass is 32.2. The minimum absolute atomic E-state index is 0.0335. The van der Waals surface area contributed by atoms with Crippen molar-refractivity contribution in [2.75, 3.05) is 25.5 Å². The molecule has 0 spiro atoms. The summed E-state index contributed by atoms with van der Waals surface area (Å²) in [5.41, 5.74) is 0.380. The number of amides is 2. The molecule has 1 saturated heterocycles. The van der Waals surface area contributed by atoms with Gasteiger partial charge in [0.05, 0.1) is 11.2 Å². The largest absolute Gasteiger partial charge is 0.459 e. The van der Waals surface area contributed by atoms with Crippen molar-refractivity contribution in [1.29, 1.82) is 0 Å². The molecule has 2 heterocycles. The Labute approximate surface area is 187 Å². The Bertz CT molecular complexity index is 1060. The van der Waals surface area contributed by atoms with Crippen molar-refractivity contribution in [1.82, 2.24) is 10.2 Å². The first-order valence-corrected chi connectivity index (χ1v) is 12.1. The fourth-order valence-electron chi connectivity index (χ4n) is 3.34. The molecule has 172 valence electrons. The van der Waals surface area contributed by atoms with Gasteiger partial charge < -0.3 is 20.0 Å². The Kier molecular flexibility index (Phi) is 8.04. The van der Waals surface area contributed by atoms with E-state index in [2.05, 4.69) is 15.0 Å². The van der Waals surface area contributed by atoms with Crippen LogP contribution < -0.4 is 10.6 Å². The molecule has 0 aliphatic carbocycles. The summed E-state index contributed by atoms with van der Waals surface area (Å²) in [6.07, 6.45) is 5.62. The first-order chi connectivity index (χ1) is 15.3. The lowest BCUT2D eigenvalue weighted by Crippen LogP contribution is -2.27. The van der Waals surface area contributed by atoms with E-state index in [0.717, 1.165) is 25.8 Å². The van der Waals surface area contributed by atoms with Gasteiger partial charge in [-0.05, 0) is 49.6 Å². The van der Waals surface area contributed by atoms with Crippen LogP contribution in [0, 0.1) is 0 Å². The van der Waals surface area contributed by atoms with Crippen LogP contribution in [-0.2, 0) is 14.8 Å². The molecule has 3 rings (SSSR count). The van der Waals surface area contributed by atoms with E-state index in [1.54, 1.807) is 24.3 Å². The number of sulfonamides is 1. The summed E-state index contributed by atoms with van der Waals surface area (Å²) in [6.45, 7) is 1.10. The summed E-state index contributed by atoms with van der Waals surface area (Å²) in [7, 11) is -2.03. The molecule has 0 unspecified atom stereocenters. The Morgan fingerprint density at radius 1 is 1.16 bits per heavy atom. The van der Waals surface area contributed by atoms with Crippen molar-refractivity contribution in [3.8, 4) is 0 Å². The molecule has 0 radical (unpaired) electrons. The number of carbonyl (C=O) groups is 2. The predicted molar refractivity (Wildman–Crippen MR) is 121 cm³/mol. The van der Waals surface area contributed by atoms with Crippen molar-refractivity contribution < 1.29 is 22.4 Å². The molecule has 1 aliphatic heterocycles. The molecule has 1 aromatic heterocycles. The van der Waals surface area contributed by atoms with Gasteiger partial charge in [-0.15, -0.1) is 4.40 Å². The molecule has 2 amide bonds. The van der Waals surface area contributed by atoms with Crippen molar-refractivity contribution in [2.24, 2.45) is 4.40 Å². The summed E-state index contributed by atoms with van der Waals surface area (Å²) >= 11 is 0. The van der Waals surface area contributed by atoms with Crippen LogP contribution in [0.1, 0.15) is 49.1 Å². The van der Waals surface area contributed by atoms with E-state index in [1.807, 2.05) is 11.9 Å². The van der Waals surface area contributed by atoms with Gasteiger partial charge in [0.25, 0.3) is 15.9 Å². The molecule has 1 aliphatic rings. The Balaban J connectivity index is 1.54. The van der Waals surface area contributed by atoms with Crippen LogP contribution in [0.25, 0.3) is 0 Å². The van der Waals surface area contributed by atoms with Gasteiger partial charge in [0.15, 0.2) is 5.76 Å². The number of furan rings is 1. The molecule has 10 heteroatoms. The van der Waals surface area contributed by atoms with Gasteiger partial charge in [0.1, 0.15) is 5.84 Å². The average molecular weight is 461 g/mol. The Morgan fingerprint density at radius 3 is 2.78 bits per heavy atom. The molecule has 9 nitrogen and oxygen atoms in total. The van der Waals surface area contributed by atoms with Gasteiger partial charge in [0.2, 0.25) is 5.91 Å². The highest BCUT2D eigenvalue weighted by Crippen LogP contribution is 2.20. The van der Waals surface area contributed by atoms with Gasteiger partial charge in [-0.2, -0.15) is 8.42 Å². The van der Waals surface area contributed by atoms with E-state index >= 15 is 0 Å². The van der Waals surface area contributed by atoms with Crippen LogP contribution in [0.5, 0.6) is 0 Å². The van der Waals surface area contributed by atoms with Gasteiger partial charge in [0, 0.05) is 38.7 Å². The third-order valence-electron chi connectivity index (χ3n) is 5.09. The molecular formula is C22H28N4O5S. The van der Waals surface area contributed by atoms with Crippen LogP contribution in [0.15, 0.2) is 56.4 Å². The minimum Gasteiger partial charge on any atom is -0.459 e. The lowest BCUT2D eigenvalue weighted by Gasteiger charge is -2.17. The molecule has 32 heavy (non-hydrogen) atoms. The summed E-state index contributed by atoms with van der Waals surface area (Å²) in [6, 6.07) is 9.26. The summed E-state index contributed by atoms with van der Waals surface area (Å²) < 4.78 is 34.6. The third kappa shape index (κ3) is 6.68.